The van der Waals surface area contributed by atoms with Crippen molar-refractivity contribution in [1.82, 2.24) is 15.0 Å². The van der Waals surface area contributed by atoms with Crippen molar-refractivity contribution in [3.63, 3.8) is 0 Å². The summed E-state index contributed by atoms with van der Waals surface area (Å²) in [5.74, 6) is 3.01. The average molecular weight is 317 g/mol. The molecule has 1 aliphatic heterocycles. The number of rotatable bonds is 5. The topological polar surface area (TPSA) is 60.6 Å². The van der Waals surface area contributed by atoms with Gasteiger partial charge in [0, 0.05) is 19.5 Å². The Balaban J connectivity index is 1.81. The highest BCUT2D eigenvalue weighted by atomic mass is 16.5. The highest BCUT2D eigenvalue weighted by Gasteiger charge is 2.26. The third-order valence-corrected chi connectivity index (χ3v) is 4.45. The first-order valence-electron chi connectivity index (χ1n) is 7.96. The summed E-state index contributed by atoms with van der Waals surface area (Å²) in [5.41, 5.74) is 2.57. The Labute approximate surface area is 136 Å². The lowest BCUT2D eigenvalue weighted by Crippen LogP contribution is -2.33. The van der Waals surface area contributed by atoms with Crippen LogP contribution in [0, 0.1) is 0 Å². The van der Waals surface area contributed by atoms with Gasteiger partial charge >= 0.3 is 0 Å². The Morgan fingerprint density at radius 1 is 1.22 bits per heavy atom. The molecule has 1 aliphatic rings. The van der Waals surface area contributed by atoms with Gasteiger partial charge in [0.1, 0.15) is 0 Å². The zero-order chi connectivity index (χ0) is 16.4. The predicted octanol–water partition coefficient (Wildman–Crippen LogP) is 2.77. The van der Waals surface area contributed by atoms with Crippen LogP contribution in [0.1, 0.15) is 42.7 Å². The standard InChI is InChI=1S/C17H23N3O3/c1-5-16-18-17(23-19-16)11(2)20-7-6-12-8-14(21-3)15(22-4)9-13(12)10-20/h8-9,11H,5-7,10H2,1-4H3. The minimum atomic E-state index is 0.101. The summed E-state index contributed by atoms with van der Waals surface area (Å²) >= 11 is 0. The number of fused-ring (bicyclic) bond motifs is 1. The Hall–Kier alpha value is -2.08. The molecular formula is C17H23N3O3. The van der Waals surface area contributed by atoms with Gasteiger partial charge < -0.3 is 14.0 Å². The minimum Gasteiger partial charge on any atom is -0.493 e. The molecule has 124 valence electrons. The number of hydrogen-bond acceptors (Lipinski definition) is 6. The van der Waals surface area contributed by atoms with E-state index < -0.39 is 0 Å². The van der Waals surface area contributed by atoms with Crippen LogP contribution in [0.2, 0.25) is 0 Å². The summed E-state index contributed by atoms with van der Waals surface area (Å²) in [6, 6.07) is 4.25. The molecule has 6 heteroatoms. The lowest BCUT2D eigenvalue weighted by Gasteiger charge is -2.32. The van der Waals surface area contributed by atoms with E-state index in [4.69, 9.17) is 14.0 Å². The van der Waals surface area contributed by atoms with Crippen LogP contribution in [-0.4, -0.2) is 35.8 Å². The quantitative estimate of drug-likeness (QED) is 0.845. The van der Waals surface area contributed by atoms with Crippen molar-refractivity contribution in [1.29, 1.82) is 0 Å². The summed E-state index contributed by atoms with van der Waals surface area (Å²) in [6.45, 7) is 5.92. The molecule has 1 aromatic carbocycles. The molecule has 1 aromatic heterocycles. The summed E-state index contributed by atoms with van der Waals surface area (Å²) in [4.78, 5) is 6.81. The first-order valence-corrected chi connectivity index (χ1v) is 7.96. The van der Waals surface area contributed by atoms with Crippen molar-refractivity contribution >= 4 is 0 Å². The molecule has 0 bridgehead atoms. The minimum absolute atomic E-state index is 0.101. The zero-order valence-electron chi connectivity index (χ0n) is 14.1. The number of nitrogens with zero attached hydrogens (tertiary/aromatic N) is 3. The van der Waals surface area contributed by atoms with Crippen molar-refractivity contribution in [3.05, 3.63) is 35.0 Å². The van der Waals surface area contributed by atoms with Crippen LogP contribution in [0.3, 0.4) is 0 Å². The van der Waals surface area contributed by atoms with Gasteiger partial charge in [-0.25, -0.2) is 0 Å². The number of aromatic nitrogens is 2. The van der Waals surface area contributed by atoms with E-state index in [2.05, 4.69) is 34.1 Å². The molecule has 2 aromatic rings. The van der Waals surface area contributed by atoms with E-state index in [1.165, 1.54) is 11.1 Å². The second-order valence-corrected chi connectivity index (χ2v) is 5.77. The molecule has 23 heavy (non-hydrogen) atoms. The molecule has 2 heterocycles. The lowest BCUT2D eigenvalue weighted by molar-refractivity contribution is 0.157. The number of methoxy groups -OCH3 is 2. The number of benzene rings is 1. The van der Waals surface area contributed by atoms with Crippen molar-refractivity contribution in [2.24, 2.45) is 0 Å². The fourth-order valence-electron chi connectivity index (χ4n) is 2.97. The molecule has 0 N–H and O–H groups in total. The molecule has 0 aliphatic carbocycles. The highest BCUT2D eigenvalue weighted by Crippen LogP contribution is 2.35. The van der Waals surface area contributed by atoms with Crippen molar-refractivity contribution in [3.8, 4) is 11.5 Å². The van der Waals surface area contributed by atoms with E-state index in [1.54, 1.807) is 14.2 Å². The maximum atomic E-state index is 5.42. The van der Waals surface area contributed by atoms with Gasteiger partial charge in [0.05, 0.1) is 20.3 Å². The second-order valence-electron chi connectivity index (χ2n) is 5.77. The maximum Gasteiger partial charge on any atom is 0.243 e. The largest absolute Gasteiger partial charge is 0.493 e. The van der Waals surface area contributed by atoms with Crippen LogP contribution in [0.15, 0.2) is 16.7 Å². The fourth-order valence-corrected chi connectivity index (χ4v) is 2.97. The molecule has 0 radical (unpaired) electrons. The van der Waals surface area contributed by atoms with Crippen LogP contribution in [0.25, 0.3) is 0 Å². The molecule has 0 saturated carbocycles. The van der Waals surface area contributed by atoms with Crippen LogP contribution in [-0.2, 0) is 19.4 Å². The molecule has 3 rings (SSSR count). The van der Waals surface area contributed by atoms with E-state index in [0.29, 0.717) is 5.89 Å². The third-order valence-electron chi connectivity index (χ3n) is 4.45. The zero-order valence-corrected chi connectivity index (χ0v) is 14.1. The van der Waals surface area contributed by atoms with Crippen LogP contribution < -0.4 is 9.47 Å². The predicted molar refractivity (Wildman–Crippen MR) is 85.8 cm³/mol. The van der Waals surface area contributed by atoms with Gasteiger partial charge in [0.15, 0.2) is 17.3 Å². The number of ether oxygens (including phenoxy) is 2. The normalized spacial score (nSPS) is 16.0. The second kappa shape index (κ2) is 6.58. The van der Waals surface area contributed by atoms with Gasteiger partial charge in [-0.2, -0.15) is 4.98 Å². The van der Waals surface area contributed by atoms with Crippen LogP contribution in [0.5, 0.6) is 11.5 Å². The molecule has 0 fully saturated rings. The monoisotopic (exact) mass is 317 g/mol. The Kier molecular flexibility index (Phi) is 4.52. The smallest absolute Gasteiger partial charge is 0.243 e. The van der Waals surface area contributed by atoms with Crippen molar-refractivity contribution in [2.45, 2.75) is 39.3 Å². The molecule has 1 unspecified atom stereocenters. The number of hydrogen-bond donors (Lipinski definition) is 0. The lowest BCUT2D eigenvalue weighted by atomic mass is 9.97. The summed E-state index contributed by atoms with van der Waals surface area (Å²) in [5, 5.41) is 4.00. The van der Waals surface area contributed by atoms with E-state index in [0.717, 1.165) is 43.3 Å². The van der Waals surface area contributed by atoms with Crippen LogP contribution >= 0.6 is 0 Å². The van der Waals surface area contributed by atoms with E-state index in [-0.39, 0.29) is 6.04 Å². The van der Waals surface area contributed by atoms with E-state index in [9.17, 15) is 0 Å². The summed E-state index contributed by atoms with van der Waals surface area (Å²) in [6.07, 6.45) is 1.75. The average Bonchev–Trinajstić information content (AvgIpc) is 3.08. The number of aryl methyl sites for hydroxylation is 1. The van der Waals surface area contributed by atoms with Gasteiger partial charge in [-0.1, -0.05) is 12.1 Å². The first-order chi connectivity index (χ1) is 11.2. The van der Waals surface area contributed by atoms with E-state index >= 15 is 0 Å². The molecule has 0 spiro atoms. The van der Waals surface area contributed by atoms with Gasteiger partial charge in [0.25, 0.3) is 0 Å². The van der Waals surface area contributed by atoms with Gasteiger partial charge in [-0.05, 0) is 36.6 Å². The van der Waals surface area contributed by atoms with Gasteiger partial charge in [0.2, 0.25) is 5.89 Å². The molecule has 0 saturated heterocycles. The Morgan fingerprint density at radius 3 is 2.52 bits per heavy atom. The molecular weight excluding hydrogens is 294 g/mol. The van der Waals surface area contributed by atoms with Crippen molar-refractivity contribution < 1.29 is 14.0 Å². The summed E-state index contributed by atoms with van der Waals surface area (Å²) < 4.78 is 16.2. The van der Waals surface area contributed by atoms with E-state index in [1.807, 2.05) is 6.92 Å². The Morgan fingerprint density at radius 2 is 1.91 bits per heavy atom. The fraction of sp³-hybridized carbons (Fsp3) is 0.529. The van der Waals surface area contributed by atoms with Gasteiger partial charge in [-0.3, -0.25) is 4.90 Å². The molecule has 6 nitrogen and oxygen atoms in total. The van der Waals surface area contributed by atoms with Gasteiger partial charge in [-0.15, -0.1) is 0 Å². The summed E-state index contributed by atoms with van der Waals surface area (Å²) in [7, 11) is 3.33. The van der Waals surface area contributed by atoms with Crippen molar-refractivity contribution in [2.75, 3.05) is 20.8 Å². The Bertz CT molecular complexity index is 684. The highest BCUT2D eigenvalue weighted by molar-refractivity contribution is 5.48. The molecule has 1 atom stereocenters. The van der Waals surface area contributed by atoms with Crippen LogP contribution in [0.4, 0.5) is 0 Å². The SMILES string of the molecule is CCc1noc(C(C)N2CCc3cc(OC)c(OC)cc3C2)n1. The third kappa shape index (κ3) is 3.03. The molecule has 0 amide bonds. The maximum absolute atomic E-state index is 5.42. The first kappa shape index (κ1) is 15.8.